The molecule has 1 aromatic rings. The Labute approximate surface area is 348 Å². The van der Waals surface area contributed by atoms with Crippen LogP contribution >= 0.6 is 0 Å². The van der Waals surface area contributed by atoms with Gasteiger partial charge >= 0.3 is 12.1 Å². The maximum atomic E-state index is 13.7. The van der Waals surface area contributed by atoms with Crippen molar-refractivity contribution in [2.75, 3.05) is 0 Å². The summed E-state index contributed by atoms with van der Waals surface area (Å²) >= 11 is 0. The van der Waals surface area contributed by atoms with Crippen LogP contribution < -0.4 is 31.9 Å². The molecule has 4 aliphatic rings. The summed E-state index contributed by atoms with van der Waals surface area (Å²) in [5, 5.41) is 17.8. The second-order valence-electron chi connectivity index (χ2n) is 19.0. The fourth-order valence-electron chi connectivity index (χ4n) is 8.99. The highest BCUT2D eigenvalue weighted by Crippen LogP contribution is 2.32. The van der Waals surface area contributed by atoms with Crippen molar-refractivity contribution in [3.63, 3.8) is 0 Å². The van der Waals surface area contributed by atoms with E-state index in [4.69, 9.17) is 9.47 Å². The van der Waals surface area contributed by atoms with Crippen LogP contribution in [0.5, 0.6) is 0 Å². The number of ether oxygens (including phenoxy) is 2. The Morgan fingerprint density at radius 1 is 0.525 bits per heavy atom. The third-order valence-electron chi connectivity index (χ3n) is 12.2. The first-order chi connectivity index (χ1) is 27.7. The summed E-state index contributed by atoms with van der Waals surface area (Å²) in [5.74, 6) is -4.09. The van der Waals surface area contributed by atoms with E-state index >= 15 is 0 Å². The number of hydrogen-bond donors (Lipinski definition) is 6. The van der Waals surface area contributed by atoms with Crippen LogP contribution in [0.15, 0.2) is 30.3 Å². The molecule has 0 bridgehead atoms. The molecule has 5 rings (SSSR count). The van der Waals surface area contributed by atoms with Crippen LogP contribution in [0.1, 0.15) is 131 Å². The van der Waals surface area contributed by atoms with Crippen molar-refractivity contribution < 1.29 is 43.0 Å². The van der Waals surface area contributed by atoms with Crippen molar-refractivity contribution in [2.24, 2.45) is 23.7 Å². The Balaban J connectivity index is 1.10. The summed E-state index contributed by atoms with van der Waals surface area (Å²) in [6, 6.07) is 7.63. The summed E-state index contributed by atoms with van der Waals surface area (Å²) in [7, 11) is 0. The van der Waals surface area contributed by atoms with Gasteiger partial charge in [0.1, 0.15) is 23.3 Å². The van der Waals surface area contributed by atoms with Crippen LogP contribution in [0.2, 0.25) is 0 Å². The number of carbonyl (C=O) groups excluding carboxylic acids is 7. The lowest BCUT2D eigenvalue weighted by molar-refractivity contribution is -0.154. The molecule has 0 saturated heterocycles. The third kappa shape index (κ3) is 12.2. The van der Waals surface area contributed by atoms with Crippen LogP contribution in [-0.2, 0) is 44.8 Å². The molecule has 1 aromatic carbocycles. The number of esters is 1. The average Bonchev–Trinajstić information content (AvgIpc) is 3.98. The number of amides is 6. The molecular weight excluding hydrogens is 757 g/mol. The van der Waals surface area contributed by atoms with Crippen molar-refractivity contribution in [1.29, 1.82) is 0 Å². The van der Waals surface area contributed by atoms with Crippen LogP contribution in [0, 0.1) is 23.7 Å². The van der Waals surface area contributed by atoms with E-state index in [1.165, 1.54) is 0 Å². The number of hydrogen-bond acceptors (Lipinski definition) is 9. The molecule has 15 nitrogen and oxygen atoms in total. The van der Waals surface area contributed by atoms with Crippen molar-refractivity contribution in [1.82, 2.24) is 31.9 Å². The third-order valence-corrected chi connectivity index (χ3v) is 12.2. The molecule has 0 aromatic heterocycles. The van der Waals surface area contributed by atoms with E-state index in [2.05, 4.69) is 31.9 Å². The quantitative estimate of drug-likeness (QED) is 0.149. The molecule has 4 saturated carbocycles. The Bertz CT molecular complexity index is 1710. The number of nitrogens with one attached hydrogen (secondary N) is 6. The Kier molecular flexibility index (Phi) is 14.7. The molecule has 59 heavy (non-hydrogen) atoms. The topological polar surface area (TPSA) is 210 Å². The summed E-state index contributed by atoms with van der Waals surface area (Å²) in [6.45, 7) is 11.9. The van der Waals surface area contributed by atoms with Crippen LogP contribution in [0.4, 0.5) is 4.79 Å². The minimum absolute atomic E-state index is 0.0875. The normalized spacial score (nSPS) is 27.0. The number of carbonyl (C=O) groups is 7. The van der Waals surface area contributed by atoms with Gasteiger partial charge in [-0.2, -0.15) is 0 Å². The highest BCUT2D eigenvalue weighted by Gasteiger charge is 2.44. The molecule has 0 spiro atoms. The zero-order chi connectivity index (χ0) is 43.1. The predicted molar refractivity (Wildman–Crippen MR) is 219 cm³/mol. The molecule has 0 aliphatic heterocycles. The van der Waals surface area contributed by atoms with E-state index in [-0.39, 0.29) is 36.3 Å². The molecule has 6 amide bonds. The molecule has 326 valence electrons. The largest absolute Gasteiger partial charge is 0.459 e. The predicted octanol–water partition coefficient (Wildman–Crippen LogP) is 4.07. The molecule has 8 atom stereocenters. The standard InChI is InChI=1S/C44H66N6O9/c1-42(2,3)59-41(57)48-34-24-12-18-28(34)36(52)46-31-21-13-19-29(31)37(53)49-43(4,5)39(55)47-33-23-11-17-27(33)35(51)45-32-22-14-20-30(32)38(54)50-44(6,7)40(56)58-25-26-15-9-8-10-16-26/h8-10,15-16,27-34H,11-14,17-25H2,1-7H3,(H,45,51)(H,46,52)(H,47,55)(H,48,57)(H,49,53)(H,50,54)/t27-,28-,29-,30-,31-,32-,33-,34-/m0/s1. The SMILES string of the molecule is CC(C)(C)OC(=O)N[C@H]1CCC[C@@H]1C(=O)N[C@H]1CCC[C@@H]1C(=O)NC(C)(C)C(=O)N[C@H]1CCC[C@@H]1C(=O)N[C@H]1CCC[C@@H]1C(=O)NC(C)(C)C(=O)OCc1ccccc1. The van der Waals surface area contributed by atoms with Gasteiger partial charge in [-0.05, 0) is 105 Å². The van der Waals surface area contributed by atoms with Gasteiger partial charge in [-0.15, -0.1) is 0 Å². The van der Waals surface area contributed by atoms with E-state index in [1.54, 1.807) is 48.5 Å². The molecule has 6 N–H and O–H groups in total. The molecular formula is C44H66N6O9. The lowest BCUT2D eigenvalue weighted by atomic mass is 9.95. The maximum absolute atomic E-state index is 13.7. The number of rotatable bonds is 14. The minimum atomic E-state index is -1.31. The van der Waals surface area contributed by atoms with Gasteiger partial charge in [0.2, 0.25) is 29.5 Å². The van der Waals surface area contributed by atoms with Gasteiger partial charge in [0, 0.05) is 24.2 Å². The fourth-order valence-corrected chi connectivity index (χ4v) is 8.99. The van der Waals surface area contributed by atoms with Crippen LogP contribution in [0.3, 0.4) is 0 Å². The first kappa shape index (κ1) is 45.4. The van der Waals surface area contributed by atoms with Gasteiger partial charge in [-0.3, -0.25) is 24.0 Å². The van der Waals surface area contributed by atoms with E-state index in [0.717, 1.165) is 31.2 Å². The zero-order valence-electron chi connectivity index (χ0n) is 35.9. The molecule has 4 aliphatic carbocycles. The summed E-state index contributed by atoms with van der Waals surface area (Å²) in [4.78, 5) is 93.4. The first-order valence-corrected chi connectivity index (χ1v) is 21.5. The minimum Gasteiger partial charge on any atom is -0.459 e. The van der Waals surface area contributed by atoms with Gasteiger partial charge in [0.25, 0.3) is 0 Å². The molecule has 4 fully saturated rings. The molecule has 0 radical (unpaired) electrons. The Morgan fingerprint density at radius 3 is 1.39 bits per heavy atom. The van der Waals surface area contributed by atoms with Crippen molar-refractivity contribution in [2.45, 2.75) is 173 Å². The lowest BCUT2D eigenvalue weighted by Crippen LogP contribution is -2.60. The highest BCUT2D eigenvalue weighted by molar-refractivity contribution is 5.93. The van der Waals surface area contributed by atoms with Gasteiger partial charge in [-0.1, -0.05) is 56.0 Å². The molecule has 15 heteroatoms. The first-order valence-electron chi connectivity index (χ1n) is 21.5. The second-order valence-corrected chi connectivity index (χ2v) is 19.0. The Morgan fingerprint density at radius 2 is 0.932 bits per heavy atom. The van der Waals surface area contributed by atoms with Crippen LogP contribution in [-0.4, -0.2) is 82.4 Å². The fraction of sp³-hybridized carbons (Fsp3) is 0.705. The van der Waals surface area contributed by atoms with E-state index in [9.17, 15) is 33.6 Å². The van der Waals surface area contributed by atoms with Gasteiger partial charge in [-0.25, -0.2) is 9.59 Å². The smallest absolute Gasteiger partial charge is 0.407 e. The monoisotopic (exact) mass is 822 g/mol. The van der Waals surface area contributed by atoms with E-state index in [0.29, 0.717) is 51.4 Å². The van der Waals surface area contributed by atoms with Crippen LogP contribution in [0.25, 0.3) is 0 Å². The molecule has 0 unspecified atom stereocenters. The number of alkyl carbamates (subject to hydrolysis) is 1. The van der Waals surface area contributed by atoms with E-state index < -0.39 is 76.4 Å². The highest BCUT2D eigenvalue weighted by atomic mass is 16.6. The second kappa shape index (κ2) is 19.1. The average molecular weight is 823 g/mol. The van der Waals surface area contributed by atoms with Gasteiger partial charge in [0.05, 0.1) is 23.7 Å². The lowest BCUT2D eigenvalue weighted by Gasteiger charge is -2.32. The van der Waals surface area contributed by atoms with Gasteiger partial charge < -0.3 is 41.4 Å². The number of benzene rings is 1. The van der Waals surface area contributed by atoms with E-state index in [1.807, 2.05) is 30.3 Å². The van der Waals surface area contributed by atoms with Gasteiger partial charge in [0.15, 0.2) is 0 Å². The van der Waals surface area contributed by atoms with Crippen molar-refractivity contribution >= 4 is 41.6 Å². The Hall–Kier alpha value is -4.69. The van der Waals surface area contributed by atoms with Crippen molar-refractivity contribution in [3.8, 4) is 0 Å². The molecule has 0 heterocycles. The maximum Gasteiger partial charge on any atom is 0.407 e. The summed E-state index contributed by atoms with van der Waals surface area (Å²) in [6.07, 6.45) is 7.18. The van der Waals surface area contributed by atoms with Crippen molar-refractivity contribution in [3.05, 3.63) is 35.9 Å². The summed E-state index contributed by atoms with van der Waals surface area (Å²) in [5.41, 5.74) is -2.41. The summed E-state index contributed by atoms with van der Waals surface area (Å²) < 4.78 is 10.9. The zero-order valence-corrected chi connectivity index (χ0v) is 35.9.